The van der Waals surface area contributed by atoms with Crippen molar-refractivity contribution in [3.05, 3.63) is 169 Å². The van der Waals surface area contributed by atoms with Gasteiger partial charge in [0.25, 0.3) is 0 Å². The minimum absolute atomic E-state index is 0.431. The Morgan fingerprint density at radius 1 is 0.489 bits per heavy atom. The van der Waals surface area contributed by atoms with Crippen molar-refractivity contribution in [3.8, 4) is 56.3 Å². The molecule has 0 heterocycles. The summed E-state index contributed by atoms with van der Waals surface area (Å²) in [5, 5.41) is 11.5. The molecule has 3 heteroatoms. The first-order chi connectivity index (χ1) is 22.2. The van der Waals surface area contributed by atoms with E-state index in [9.17, 15) is 0 Å². The smallest absolute Gasteiger partial charge is 0.143 e. The Hall–Kier alpha value is -6.11. The molecule has 3 nitrogen and oxygen atoms in total. The quantitative estimate of drug-likeness (QED) is 0.191. The van der Waals surface area contributed by atoms with Gasteiger partial charge in [-0.15, -0.1) is 0 Å². The monoisotopic (exact) mass is 578 g/mol. The van der Waals surface area contributed by atoms with Crippen molar-refractivity contribution in [3.63, 3.8) is 0 Å². The average molecular weight is 579 g/mol. The highest BCUT2D eigenvalue weighted by Crippen LogP contribution is 2.42. The summed E-state index contributed by atoms with van der Waals surface area (Å²) in [5.41, 5.74) is 17.8. The topological polar surface area (TPSA) is 59.0 Å². The minimum atomic E-state index is 0.431. The van der Waals surface area contributed by atoms with Crippen LogP contribution in [0.25, 0.3) is 55.3 Å². The molecule has 0 aromatic heterocycles. The van der Waals surface area contributed by atoms with E-state index in [1.807, 2.05) is 60.7 Å². The fourth-order valence-corrected chi connectivity index (χ4v) is 5.88. The van der Waals surface area contributed by atoms with E-state index in [1.54, 1.807) is 0 Å². The van der Waals surface area contributed by atoms with Crippen LogP contribution in [0.5, 0.6) is 5.75 Å². The number of hydrogen-bond acceptors (Lipinski definition) is 3. The van der Waals surface area contributed by atoms with E-state index in [4.69, 9.17) is 15.7 Å². The third-order valence-corrected chi connectivity index (χ3v) is 8.24. The van der Waals surface area contributed by atoms with Crippen molar-refractivity contribution in [2.24, 2.45) is 0 Å². The summed E-state index contributed by atoms with van der Waals surface area (Å²) in [6.45, 7) is 0.431. The summed E-state index contributed by atoms with van der Waals surface area (Å²) in [6, 6.07) is 56.1. The number of hydrogen-bond donors (Lipinski definition) is 1. The Bertz CT molecular complexity index is 2150. The first-order valence-electron chi connectivity index (χ1n) is 15.0. The minimum Gasteiger partial charge on any atom is -0.487 e. The van der Waals surface area contributed by atoms with Gasteiger partial charge < -0.3 is 10.5 Å². The van der Waals surface area contributed by atoms with Crippen molar-refractivity contribution in [2.45, 2.75) is 6.61 Å². The van der Waals surface area contributed by atoms with Crippen molar-refractivity contribution >= 4 is 16.5 Å². The van der Waals surface area contributed by atoms with Gasteiger partial charge in [-0.3, -0.25) is 0 Å². The highest BCUT2D eigenvalue weighted by molar-refractivity contribution is 6.06. The van der Waals surface area contributed by atoms with Gasteiger partial charge in [-0.2, -0.15) is 5.26 Å². The lowest BCUT2D eigenvalue weighted by atomic mass is 9.90. The fraction of sp³-hybridized carbons (Fsp3) is 0.0238. The molecule has 0 radical (unpaired) electrons. The second kappa shape index (κ2) is 12.2. The highest BCUT2D eigenvalue weighted by Gasteiger charge is 2.16. The normalized spacial score (nSPS) is 10.8. The van der Waals surface area contributed by atoms with Crippen molar-refractivity contribution in [1.82, 2.24) is 0 Å². The van der Waals surface area contributed by atoms with Gasteiger partial charge in [0.1, 0.15) is 12.4 Å². The molecule has 0 aliphatic carbocycles. The largest absolute Gasteiger partial charge is 0.487 e. The molecule has 7 aromatic rings. The Kier molecular flexibility index (Phi) is 7.54. The van der Waals surface area contributed by atoms with Crippen molar-refractivity contribution < 1.29 is 4.74 Å². The van der Waals surface area contributed by atoms with Crippen LogP contribution in [0, 0.1) is 11.3 Å². The molecular weight excluding hydrogens is 548 g/mol. The van der Waals surface area contributed by atoms with E-state index in [-0.39, 0.29) is 0 Å². The first-order valence-corrected chi connectivity index (χ1v) is 15.0. The summed E-state index contributed by atoms with van der Waals surface area (Å²) in [4.78, 5) is 0. The molecule has 0 aliphatic rings. The van der Waals surface area contributed by atoms with Crippen LogP contribution in [0.3, 0.4) is 0 Å². The van der Waals surface area contributed by atoms with Crippen LogP contribution < -0.4 is 10.5 Å². The number of nitrogens with zero attached hydrogens (tertiary/aromatic N) is 1. The Balaban J connectivity index is 1.30. The predicted octanol–water partition coefficient (Wildman–Crippen LogP) is 10.5. The van der Waals surface area contributed by atoms with E-state index >= 15 is 0 Å². The third-order valence-electron chi connectivity index (χ3n) is 8.24. The van der Waals surface area contributed by atoms with Gasteiger partial charge in [0, 0.05) is 5.56 Å². The molecule has 0 spiro atoms. The van der Waals surface area contributed by atoms with Crippen LogP contribution in [0.15, 0.2) is 158 Å². The maximum absolute atomic E-state index is 9.14. The van der Waals surface area contributed by atoms with Crippen molar-refractivity contribution in [2.75, 3.05) is 5.73 Å². The van der Waals surface area contributed by atoms with Crippen molar-refractivity contribution in [1.29, 1.82) is 5.26 Å². The summed E-state index contributed by atoms with van der Waals surface area (Å²) in [5.74, 6) is 0.668. The molecule has 0 aliphatic heterocycles. The number of nitrogens with two attached hydrogens (primary N) is 1. The molecule has 0 fully saturated rings. The zero-order valence-electron chi connectivity index (χ0n) is 24.7. The highest BCUT2D eigenvalue weighted by atomic mass is 16.5. The molecule has 0 bridgehead atoms. The Labute approximate surface area is 263 Å². The number of benzene rings is 7. The van der Waals surface area contributed by atoms with Crippen LogP contribution in [0.4, 0.5) is 5.69 Å². The van der Waals surface area contributed by atoms with Gasteiger partial charge in [0.05, 0.1) is 17.3 Å². The van der Waals surface area contributed by atoms with Crippen LogP contribution in [0.2, 0.25) is 0 Å². The Morgan fingerprint density at radius 2 is 1.00 bits per heavy atom. The maximum Gasteiger partial charge on any atom is 0.143 e. The molecule has 0 saturated heterocycles. The van der Waals surface area contributed by atoms with Crippen LogP contribution in [-0.2, 0) is 6.61 Å². The second-order valence-electron chi connectivity index (χ2n) is 11.0. The second-order valence-corrected chi connectivity index (χ2v) is 11.0. The molecule has 7 aromatic carbocycles. The van der Waals surface area contributed by atoms with E-state index in [0.717, 1.165) is 49.9 Å². The molecule has 214 valence electrons. The number of ether oxygens (including phenoxy) is 1. The van der Waals surface area contributed by atoms with Crippen LogP contribution >= 0.6 is 0 Å². The van der Waals surface area contributed by atoms with E-state index in [1.165, 1.54) is 10.9 Å². The number of anilines is 1. The number of rotatable bonds is 7. The maximum atomic E-state index is 9.14. The zero-order chi connectivity index (χ0) is 30.6. The molecular formula is C42H30N2O. The lowest BCUT2D eigenvalue weighted by molar-refractivity contribution is 0.308. The van der Waals surface area contributed by atoms with Gasteiger partial charge in [-0.1, -0.05) is 133 Å². The van der Waals surface area contributed by atoms with E-state index in [2.05, 4.69) is 103 Å². The molecule has 0 atom stereocenters. The van der Waals surface area contributed by atoms with Gasteiger partial charge >= 0.3 is 0 Å². The summed E-state index contributed by atoms with van der Waals surface area (Å²) in [7, 11) is 0. The molecule has 0 saturated carbocycles. The molecule has 0 unspecified atom stereocenters. The number of nitriles is 1. The summed E-state index contributed by atoms with van der Waals surface area (Å²) >= 11 is 0. The van der Waals surface area contributed by atoms with E-state index < -0.39 is 0 Å². The van der Waals surface area contributed by atoms with Crippen LogP contribution in [-0.4, -0.2) is 0 Å². The molecule has 0 amide bonds. The summed E-state index contributed by atoms with van der Waals surface area (Å²) < 4.78 is 6.37. The molecule has 7 rings (SSSR count). The van der Waals surface area contributed by atoms with Gasteiger partial charge in [0.2, 0.25) is 0 Å². The predicted molar refractivity (Wildman–Crippen MR) is 186 cm³/mol. The van der Waals surface area contributed by atoms with Gasteiger partial charge in [-0.05, 0) is 79.5 Å². The Morgan fingerprint density at radius 3 is 1.62 bits per heavy atom. The molecule has 45 heavy (non-hydrogen) atoms. The first kappa shape index (κ1) is 27.7. The van der Waals surface area contributed by atoms with Gasteiger partial charge in [-0.25, -0.2) is 0 Å². The lowest BCUT2D eigenvalue weighted by Crippen LogP contribution is -2.01. The SMILES string of the molecule is N#Cc1ccc(-c2ccc(-c3ccc(-c4cc(OCc5ccccc5)c(N)c(-c5ccccc5)c4)c4ccccc34)cc2)cc1. The lowest BCUT2D eigenvalue weighted by Gasteiger charge is -2.18. The van der Waals surface area contributed by atoms with Crippen LogP contribution in [0.1, 0.15) is 11.1 Å². The van der Waals surface area contributed by atoms with E-state index in [0.29, 0.717) is 23.6 Å². The number of nitrogen functional groups attached to an aromatic ring is 1. The number of fused-ring (bicyclic) bond motifs is 1. The fourth-order valence-electron chi connectivity index (χ4n) is 5.88. The standard InChI is InChI=1S/C42H30N2O/c43-27-29-15-17-31(18-16-29)32-19-21-34(22-20-32)36-23-24-37(39-14-8-7-13-38(36)39)35-25-40(33-11-5-2-6-12-33)42(44)41(26-35)45-28-30-9-3-1-4-10-30/h1-26H,28,44H2. The average Bonchev–Trinajstić information content (AvgIpc) is 3.12. The summed E-state index contributed by atoms with van der Waals surface area (Å²) in [6.07, 6.45) is 0. The van der Waals surface area contributed by atoms with Gasteiger partial charge in [0.15, 0.2) is 0 Å². The third kappa shape index (κ3) is 5.66. The molecule has 2 N–H and O–H groups in total. The zero-order valence-corrected chi connectivity index (χ0v) is 24.7.